The summed E-state index contributed by atoms with van der Waals surface area (Å²) in [6.07, 6.45) is 6.73. The van der Waals surface area contributed by atoms with Gasteiger partial charge in [0, 0.05) is 12.1 Å². The molecule has 1 unspecified atom stereocenters. The molecule has 14 heavy (non-hydrogen) atoms. The molecule has 0 radical (unpaired) electrons. The van der Waals surface area contributed by atoms with E-state index < -0.39 is 0 Å². The minimum atomic E-state index is -0.295. The number of allylic oxidation sites excluding steroid dienone is 3. The first-order chi connectivity index (χ1) is 6.57. The molecule has 0 spiro atoms. The fourth-order valence-electron chi connectivity index (χ4n) is 0.645. The summed E-state index contributed by atoms with van der Waals surface area (Å²) in [5.74, 6) is -0.295. The maximum Gasteiger partial charge on any atom is 0.330 e. The van der Waals surface area contributed by atoms with E-state index in [0.717, 1.165) is 0 Å². The smallest absolute Gasteiger partial charge is 0.330 e. The van der Waals surface area contributed by atoms with Gasteiger partial charge in [0.25, 0.3) is 0 Å². The molecule has 0 rings (SSSR count). The topological polar surface area (TPSA) is 29.5 Å². The molecule has 0 saturated heterocycles. The predicted molar refractivity (Wildman–Crippen MR) is 58.1 cm³/mol. The number of carbonyl (C=O) groups excluding carboxylic acids is 1. The lowest BCUT2D eigenvalue weighted by Gasteiger charge is -2.18. The second kappa shape index (κ2) is 7.33. The van der Waals surface area contributed by atoms with Crippen molar-refractivity contribution in [3.05, 3.63) is 24.3 Å². The summed E-state index contributed by atoms with van der Waals surface area (Å²) in [7, 11) is 3.91. The van der Waals surface area contributed by atoms with Crippen molar-refractivity contribution in [3.63, 3.8) is 0 Å². The van der Waals surface area contributed by atoms with E-state index in [1.54, 1.807) is 12.2 Å². The zero-order valence-corrected chi connectivity index (χ0v) is 9.36. The van der Waals surface area contributed by atoms with E-state index in [4.69, 9.17) is 4.74 Å². The molecule has 0 aromatic heterocycles. The van der Waals surface area contributed by atoms with Crippen molar-refractivity contribution in [2.45, 2.75) is 19.9 Å². The summed E-state index contributed by atoms with van der Waals surface area (Å²) in [5, 5.41) is 0. The Morgan fingerprint density at radius 2 is 2.07 bits per heavy atom. The van der Waals surface area contributed by atoms with Crippen molar-refractivity contribution in [2.75, 3.05) is 20.7 Å². The molecule has 0 bridgehead atoms. The summed E-state index contributed by atoms with van der Waals surface area (Å²) < 4.78 is 5.01. The fourth-order valence-corrected chi connectivity index (χ4v) is 0.645. The van der Waals surface area contributed by atoms with E-state index in [-0.39, 0.29) is 12.0 Å². The first kappa shape index (κ1) is 12.9. The van der Waals surface area contributed by atoms with Gasteiger partial charge in [0.2, 0.25) is 0 Å². The van der Waals surface area contributed by atoms with E-state index >= 15 is 0 Å². The minimum absolute atomic E-state index is 0.245. The Morgan fingerprint density at radius 1 is 1.43 bits per heavy atom. The molecule has 0 aromatic carbocycles. The zero-order chi connectivity index (χ0) is 11.0. The van der Waals surface area contributed by atoms with Crippen LogP contribution in [0.5, 0.6) is 0 Å². The highest BCUT2D eigenvalue weighted by Gasteiger charge is 2.06. The van der Waals surface area contributed by atoms with Crippen LogP contribution >= 0.6 is 0 Å². The molecule has 0 N–H and O–H groups in total. The number of likely N-dealkylation sites (N-methyl/N-ethyl adjacent to an activating group) is 1. The van der Waals surface area contributed by atoms with Crippen LogP contribution in [-0.4, -0.2) is 37.6 Å². The van der Waals surface area contributed by atoms with Gasteiger partial charge in [0.15, 0.2) is 0 Å². The van der Waals surface area contributed by atoms with Gasteiger partial charge >= 0.3 is 5.97 Å². The number of ether oxygens (including phenoxy) is 1. The molecule has 3 nitrogen and oxygen atoms in total. The third-order valence-electron chi connectivity index (χ3n) is 1.88. The molecule has 80 valence electrons. The average molecular weight is 197 g/mol. The molecular weight excluding hydrogens is 178 g/mol. The molecule has 0 aliphatic carbocycles. The number of esters is 1. The molecule has 0 saturated carbocycles. The number of hydrogen-bond donors (Lipinski definition) is 0. The van der Waals surface area contributed by atoms with Gasteiger partial charge in [-0.25, -0.2) is 4.79 Å². The van der Waals surface area contributed by atoms with Crippen LogP contribution in [0.15, 0.2) is 24.3 Å². The van der Waals surface area contributed by atoms with E-state index in [1.165, 1.54) is 6.08 Å². The van der Waals surface area contributed by atoms with Gasteiger partial charge in [0.1, 0.15) is 6.61 Å². The summed E-state index contributed by atoms with van der Waals surface area (Å²) in [6, 6.07) is 0.245. The lowest BCUT2D eigenvalue weighted by Crippen LogP contribution is -2.30. The maximum atomic E-state index is 11.1. The SMILES string of the molecule is C/C=C/C=C/C(=O)OCC(C)N(C)C. The lowest BCUT2D eigenvalue weighted by molar-refractivity contribution is -0.139. The lowest BCUT2D eigenvalue weighted by atomic mass is 10.3. The molecule has 0 aliphatic rings. The molecule has 1 atom stereocenters. The van der Waals surface area contributed by atoms with Gasteiger partial charge in [-0.1, -0.05) is 18.2 Å². The Bertz CT molecular complexity index is 219. The number of carbonyl (C=O) groups is 1. The van der Waals surface area contributed by atoms with Crippen molar-refractivity contribution in [3.8, 4) is 0 Å². The Balaban J connectivity index is 3.74. The second-order valence-electron chi connectivity index (χ2n) is 3.33. The standard InChI is InChI=1S/C11H19NO2/c1-5-6-7-8-11(13)14-9-10(2)12(3)4/h5-8,10H,9H2,1-4H3/b6-5+,8-7+. The van der Waals surface area contributed by atoms with Gasteiger partial charge < -0.3 is 9.64 Å². The largest absolute Gasteiger partial charge is 0.461 e. The number of rotatable bonds is 5. The van der Waals surface area contributed by atoms with Crippen molar-refractivity contribution < 1.29 is 9.53 Å². The van der Waals surface area contributed by atoms with E-state index in [2.05, 4.69) is 0 Å². The Kier molecular flexibility index (Phi) is 6.76. The van der Waals surface area contributed by atoms with Gasteiger partial charge in [-0.15, -0.1) is 0 Å². The number of hydrogen-bond acceptors (Lipinski definition) is 3. The third kappa shape index (κ3) is 6.43. The number of nitrogens with zero attached hydrogens (tertiary/aromatic N) is 1. The van der Waals surface area contributed by atoms with Crippen LogP contribution in [0.3, 0.4) is 0 Å². The summed E-state index contributed by atoms with van der Waals surface area (Å²) in [6.45, 7) is 4.32. The summed E-state index contributed by atoms with van der Waals surface area (Å²) in [5.41, 5.74) is 0. The summed E-state index contributed by atoms with van der Waals surface area (Å²) >= 11 is 0. The van der Waals surface area contributed by atoms with Gasteiger partial charge in [-0.2, -0.15) is 0 Å². The first-order valence-corrected chi connectivity index (χ1v) is 4.70. The van der Waals surface area contributed by atoms with Crippen molar-refractivity contribution >= 4 is 5.97 Å². The van der Waals surface area contributed by atoms with Gasteiger partial charge in [-0.05, 0) is 27.9 Å². The average Bonchev–Trinajstić information content (AvgIpc) is 2.14. The van der Waals surface area contributed by atoms with E-state index in [0.29, 0.717) is 6.61 Å². The fraction of sp³-hybridized carbons (Fsp3) is 0.545. The monoisotopic (exact) mass is 197 g/mol. The molecular formula is C11H19NO2. The van der Waals surface area contributed by atoms with Crippen LogP contribution in [0, 0.1) is 0 Å². The molecule has 0 aromatic rings. The van der Waals surface area contributed by atoms with Gasteiger partial charge in [-0.3, -0.25) is 0 Å². The minimum Gasteiger partial charge on any atom is -0.461 e. The van der Waals surface area contributed by atoms with Crippen LogP contribution in [0.4, 0.5) is 0 Å². The molecule has 0 fully saturated rings. The molecule has 0 aliphatic heterocycles. The highest BCUT2D eigenvalue weighted by Crippen LogP contribution is 1.93. The predicted octanol–water partition coefficient (Wildman–Crippen LogP) is 1.61. The van der Waals surface area contributed by atoms with Crippen molar-refractivity contribution in [1.29, 1.82) is 0 Å². The Labute approximate surface area is 86.0 Å². The van der Waals surface area contributed by atoms with Crippen LogP contribution < -0.4 is 0 Å². The van der Waals surface area contributed by atoms with Crippen LogP contribution in [0.25, 0.3) is 0 Å². The van der Waals surface area contributed by atoms with Crippen LogP contribution in [-0.2, 0) is 9.53 Å². The van der Waals surface area contributed by atoms with E-state index in [1.807, 2.05) is 38.9 Å². The molecule has 3 heteroatoms. The van der Waals surface area contributed by atoms with Gasteiger partial charge in [0.05, 0.1) is 0 Å². The Morgan fingerprint density at radius 3 is 2.57 bits per heavy atom. The van der Waals surface area contributed by atoms with Crippen LogP contribution in [0.2, 0.25) is 0 Å². The van der Waals surface area contributed by atoms with Crippen molar-refractivity contribution in [2.24, 2.45) is 0 Å². The highest BCUT2D eigenvalue weighted by atomic mass is 16.5. The van der Waals surface area contributed by atoms with Crippen molar-refractivity contribution in [1.82, 2.24) is 4.90 Å². The normalized spacial score (nSPS) is 14.1. The molecule has 0 amide bonds. The second-order valence-corrected chi connectivity index (χ2v) is 3.33. The third-order valence-corrected chi connectivity index (χ3v) is 1.88. The first-order valence-electron chi connectivity index (χ1n) is 4.70. The van der Waals surface area contributed by atoms with Crippen LogP contribution in [0.1, 0.15) is 13.8 Å². The summed E-state index contributed by atoms with van der Waals surface area (Å²) in [4.78, 5) is 13.1. The quantitative estimate of drug-likeness (QED) is 0.381. The maximum absolute atomic E-state index is 11.1. The highest BCUT2D eigenvalue weighted by molar-refractivity contribution is 5.82. The van der Waals surface area contributed by atoms with E-state index in [9.17, 15) is 4.79 Å². The zero-order valence-electron chi connectivity index (χ0n) is 9.36. The molecule has 0 heterocycles. The Hall–Kier alpha value is -1.09.